The molecule has 1 aliphatic carbocycles. The van der Waals surface area contributed by atoms with Crippen LogP contribution < -0.4 is 0 Å². The number of hydrogen-bond acceptors (Lipinski definition) is 7. The van der Waals surface area contributed by atoms with E-state index in [9.17, 15) is 13.2 Å². The molecule has 5 atom stereocenters. The summed E-state index contributed by atoms with van der Waals surface area (Å²) in [6.07, 6.45) is -1.54. The first-order valence-electron chi connectivity index (χ1n) is 12.7. The molecule has 11 heteroatoms. The minimum Gasteiger partial charge on any atom is -0.400 e. The van der Waals surface area contributed by atoms with E-state index >= 15 is 0 Å². The number of alkyl halides is 3. The Morgan fingerprint density at radius 3 is 2.40 bits per heavy atom. The van der Waals surface area contributed by atoms with E-state index in [2.05, 4.69) is 22.1 Å². The number of fused-ring (bicyclic) bond motifs is 1. The number of ether oxygens (including phenoxy) is 4. The molecule has 40 heavy (non-hydrogen) atoms. The van der Waals surface area contributed by atoms with Crippen LogP contribution in [0.1, 0.15) is 30.0 Å². The predicted molar refractivity (Wildman–Crippen MR) is 154 cm³/mol. The second-order valence-corrected chi connectivity index (χ2v) is 9.47. The first-order valence-corrected chi connectivity index (χ1v) is 12.7. The Kier molecular flexibility index (Phi) is 11.4. The Labute approximate surface area is 249 Å². The fourth-order valence-electron chi connectivity index (χ4n) is 5.20. The van der Waals surface area contributed by atoms with Gasteiger partial charge in [-0.05, 0) is 55.2 Å². The Hall–Kier alpha value is -2.16. The van der Waals surface area contributed by atoms with Gasteiger partial charge >= 0.3 is 6.18 Å². The zero-order valence-electron chi connectivity index (χ0n) is 22.7. The lowest BCUT2D eigenvalue weighted by Crippen LogP contribution is -2.50. The molecule has 2 aliphatic rings. The normalized spacial score (nSPS) is 23.9. The summed E-state index contributed by atoms with van der Waals surface area (Å²) in [5.74, 6) is 0.246. The number of aromatic nitrogens is 2. The van der Waals surface area contributed by atoms with Crippen LogP contribution >= 0.6 is 24.0 Å². The highest BCUT2D eigenvalue weighted by molar-refractivity contribution is 14.0. The topological polar surface area (TPSA) is 82.9 Å². The molecule has 0 bridgehead atoms. The molecule has 3 aromatic rings. The van der Waals surface area contributed by atoms with Crippen molar-refractivity contribution in [1.82, 2.24) is 9.97 Å². The lowest BCUT2D eigenvalue weighted by atomic mass is 10.0. The number of methoxy groups -OCH3 is 2. The summed E-state index contributed by atoms with van der Waals surface area (Å²) < 4.78 is 62.9. The van der Waals surface area contributed by atoms with Gasteiger partial charge in [-0.25, -0.2) is 9.97 Å². The zero-order chi connectivity index (χ0) is 28.2. The maximum atomic E-state index is 13.2. The highest BCUT2D eigenvalue weighted by Gasteiger charge is 2.39. The van der Waals surface area contributed by atoms with Gasteiger partial charge in [0.2, 0.25) is 0 Å². The van der Waals surface area contributed by atoms with Gasteiger partial charge in [-0.15, -0.1) is 24.0 Å². The molecule has 5 rings (SSSR count). The van der Waals surface area contributed by atoms with E-state index < -0.39 is 11.7 Å². The number of nitrogens with zero attached hydrogens (tertiary/aromatic N) is 2. The van der Waals surface area contributed by atoms with Gasteiger partial charge in [0.15, 0.2) is 12.1 Å². The third-order valence-corrected chi connectivity index (χ3v) is 7.04. The van der Waals surface area contributed by atoms with E-state index in [4.69, 9.17) is 24.1 Å². The summed E-state index contributed by atoms with van der Waals surface area (Å²) in [5, 5.41) is 7.00. The lowest BCUT2D eigenvalue weighted by molar-refractivity contribution is -0.265. The van der Waals surface area contributed by atoms with Crippen molar-refractivity contribution >= 4 is 24.0 Å². The summed E-state index contributed by atoms with van der Waals surface area (Å²) in [6.45, 7) is 1.96. The van der Waals surface area contributed by atoms with Gasteiger partial charge in [0.25, 0.3) is 0 Å². The smallest absolute Gasteiger partial charge is 0.400 e. The summed E-state index contributed by atoms with van der Waals surface area (Å²) in [6, 6.07) is 12.9. The van der Waals surface area contributed by atoms with Gasteiger partial charge in [-0.1, -0.05) is 24.3 Å². The van der Waals surface area contributed by atoms with Crippen molar-refractivity contribution in [2.45, 2.75) is 63.1 Å². The number of halogens is 4. The van der Waals surface area contributed by atoms with E-state index in [-0.39, 0.29) is 60.5 Å². The highest BCUT2D eigenvalue weighted by atomic mass is 127. The highest BCUT2D eigenvalue weighted by Crippen LogP contribution is 2.34. The van der Waals surface area contributed by atoms with Gasteiger partial charge in [0.1, 0.15) is 6.10 Å². The molecule has 1 fully saturated rings. The molecular formula is C29H34F3IN2O5. The van der Waals surface area contributed by atoms with Crippen molar-refractivity contribution in [3.8, 4) is 22.6 Å². The lowest BCUT2D eigenvalue weighted by Gasteiger charge is -2.39. The molecule has 2 heterocycles. The van der Waals surface area contributed by atoms with Gasteiger partial charge < -0.3 is 24.1 Å². The minimum atomic E-state index is -4.43. The van der Waals surface area contributed by atoms with Crippen molar-refractivity contribution in [3.05, 3.63) is 71.4 Å². The molecule has 1 aliphatic heterocycles. The van der Waals surface area contributed by atoms with Crippen LogP contribution in [0.2, 0.25) is 0 Å². The molecule has 0 saturated carbocycles. The van der Waals surface area contributed by atoms with Gasteiger partial charge in [-0.3, -0.25) is 0 Å². The minimum absolute atomic E-state index is 0. The van der Waals surface area contributed by atoms with Crippen LogP contribution in [0.5, 0.6) is 0 Å². The Bertz CT molecular complexity index is 1260. The Morgan fingerprint density at radius 2 is 1.70 bits per heavy atom. The van der Waals surface area contributed by atoms with Crippen molar-refractivity contribution in [2.75, 3.05) is 21.3 Å². The third-order valence-electron chi connectivity index (χ3n) is 7.04. The van der Waals surface area contributed by atoms with Crippen LogP contribution in [0.25, 0.3) is 22.6 Å². The molecule has 0 amide bonds. The van der Waals surface area contributed by atoms with Crippen LogP contribution in [-0.2, 0) is 38.0 Å². The Balaban J connectivity index is 0.00000144. The SMILES string of the molecule is CO.CO[C@H]1[C@H](C)O[C@@H](OC2Cc3ccc(-c4ccnc(-c5cccc(C(F)(F)F)c5)n4)cc3C2)C[C@@H]1OC.I. The molecule has 0 radical (unpaired) electrons. The fraction of sp³-hybridized carbons (Fsp3) is 0.448. The van der Waals surface area contributed by atoms with Crippen LogP contribution in [0.4, 0.5) is 13.2 Å². The molecule has 0 spiro atoms. The average molecular weight is 674 g/mol. The second-order valence-electron chi connectivity index (χ2n) is 9.47. The Morgan fingerprint density at radius 1 is 0.950 bits per heavy atom. The first kappa shape index (κ1) is 32.4. The number of aliphatic hydroxyl groups is 1. The maximum Gasteiger partial charge on any atom is 0.416 e. The number of hydrogen-bond donors (Lipinski definition) is 1. The van der Waals surface area contributed by atoms with Crippen LogP contribution in [-0.4, -0.2) is 67.1 Å². The van der Waals surface area contributed by atoms with Crippen molar-refractivity contribution in [3.63, 3.8) is 0 Å². The number of benzene rings is 2. The fourth-order valence-corrected chi connectivity index (χ4v) is 5.20. The summed E-state index contributed by atoms with van der Waals surface area (Å²) in [7, 11) is 4.33. The van der Waals surface area contributed by atoms with Crippen LogP contribution in [0, 0.1) is 0 Å². The molecule has 1 aromatic heterocycles. The first-order chi connectivity index (χ1) is 18.7. The van der Waals surface area contributed by atoms with Gasteiger partial charge in [0.05, 0.1) is 29.6 Å². The summed E-state index contributed by atoms with van der Waals surface area (Å²) in [4.78, 5) is 8.77. The quantitative estimate of drug-likeness (QED) is 0.336. The number of aliphatic hydroxyl groups excluding tert-OH is 1. The standard InChI is InChI=1S/C28H29F3N2O4.CH4O.HI/c1-16-26(35-3)24(34-2)15-25(36-16)37-22-13-17-7-8-18(11-20(17)14-22)23-9-10-32-27(33-23)19-5-4-6-21(12-19)28(29,30)31;1-2;/h4-12,16,22,24-26H,13-15H2,1-3H3;2H,1H3;1H/t16-,22?,24-,25-,26-;;/m0../s1. The van der Waals surface area contributed by atoms with Gasteiger partial charge in [0, 0.05) is 45.1 Å². The average Bonchev–Trinajstić information content (AvgIpc) is 3.35. The maximum absolute atomic E-state index is 13.2. The van der Waals surface area contributed by atoms with Crippen molar-refractivity contribution in [1.29, 1.82) is 0 Å². The zero-order valence-corrected chi connectivity index (χ0v) is 25.1. The van der Waals surface area contributed by atoms with E-state index in [1.54, 1.807) is 32.5 Å². The predicted octanol–water partition coefficient (Wildman–Crippen LogP) is 5.70. The summed E-state index contributed by atoms with van der Waals surface area (Å²) >= 11 is 0. The van der Waals surface area contributed by atoms with Crippen molar-refractivity contribution < 1.29 is 37.2 Å². The van der Waals surface area contributed by atoms with Gasteiger partial charge in [-0.2, -0.15) is 13.2 Å². The third kappa shape index (κ3) is 7.37. The molecule has 2 aromatic carbocycles. The van der Waals surface area contributed by atoms with Crippen LogP contribution in [0.3, 0.4) is 0 Å². The monoisotopic (exact) mass is 674 g/mol. The van der Waals surface area contributed by atoms with E-state index in [0.717, 1.165) is 43.2 Å². The summed E-state index contributed by atoms with van der Waals surface area (Å²) in [5.41, 5.74) is 3.46. The molecule has 7 nitrogen and oxygen atoms in total. The van der Waals surface area contributed by atoms with Crippen LogP contribution in [0.15, 0.2) is 54.7 Å². The largest absolute Gasteiger partial charge is 0.416 e. The van der Waals surface area contributed by atoms with Crippen molar-refractivity contribution in [2.24, 2.45) is 0 Å². The van der Waals surface area contributed by atoms with E-state index in [1.165, 1.54) is 11.6 Å². The van der Waals surface area contributed by atoms with E-state index in [0.29, 0.717) is 17.7 Å². The molecule has 218 valence electrons. The number of rotatable bonds is 6. The molecule has 1 saturated heterocycles. The molecule has 1 N–H and O–H groups in total. The van der Waals surface area contributed by atoms with E-state index in [1.807, 2.05) is 13.0 Å². The second kappa shape index (κ2) is 14.1. The molecular weight excluding hydrogens is 640 g/mol. The molecule has 1 unspecified atom stereocenters.